The van der Waals surface area contributed by atoms with Gasteiger partial charge in [0, 0.05) is 6.54 Å². The molecule has 0 saturated heterocycles. The maximum atomic E-state index is 11.6. The minimum Gasteiger partial charge on any atom is -0.480 e. The lowest BCUT2D eigenvalue weighted by molar-refractivity contribution is -0.141. The Hall–Kier alpha value is -2.08. The van der Waals surface area contributed by atoms with Crippen molar-refractivity contribution in [2.75, 3.05) is 0 Å². The minimum absolute atomic E-state index is 0.288. The number of carboxylic acid groups (broad SMARTS) is 1. The molecule has 2 atom stereocenters. The molecule has 4 N–H and O–H groups in total. The van der Waals surface area contributed by atoms with E-state index in [9.17, 15) is 14.7 Å². The van der Waals surface area contributed by atoms with Gasteiger partial charge in [-0.15, -0.1) is 0 Å². The Labute approximate surface area is 124 Å². The Morgan fingerprint density at radius 1 is 1.14 bits per heavy atom. The Balaban J connectivity index is 2.51. The molecule has 0 spiro atoms. The fourth-order valence-corrected chi connectivity index (χ4v) is 1.78. The van der Waals surface area contributed by atoms with Crippen LogP contribution in [0.3, 0.4) is 0 Å². The Kier molecular flexibility index (Phi) is 6.17. The van der Waals surface area contributed by atoms with Gasteiger partial charge in [0.1, 0.15) is 0 Å². The number of benzene rings is 1. The van der Waals surface area contributed by atoms with E-state index in [0.717, 1.165) is 5.56 Å². The van der Waals surface area contributed by atoms with Crippen LogP contribution in [0.5, 0.6) is 0 Å². The van der Waals surface area contributed by atoms with E-state index in [0.29, 0.717) is 5.92 Å². The summed E-state index contributed by atoms with van der Waals surface area (Å²) >= 11 is 0. The maximum Gasteiger partial charge on any atom is 0.328 e. The van der Waals surface area contributed by atoms with Gasteiger partial charge in [-0.25, -0.2) is 9.59 Å². The van der Waals surface area contributed by atoms with Gasteiger partial charge in [-0.2, -0.15) is 0 Å². The molecule has 0 bridgehead atoms. The number of hydrogen-bond donors (Lipinski definition) is 4. The van der Waals surface area contributed by atoms with Gasteiger partial charge >= 0.3 is 12.0 Å². The van der Waals surface area contributed by atoms with E-state index in [2.05, 4.69) is 24.5 Å². The molecule has 21 heavy (non-hydrogen) atoms. The smallest absolute Gasteiger partial charge is 0.328 e. The van der Waals surface area contributed by atoms with Gasteiger partial charge < -0.3 is 20.8 Å². The monoisotopic (exact) mass is 294 g/mol. The zero-order valence-corrected chi connectivity index (χ0v) is 12.5. The molecule has 0 aromatic heterocycles. The Morgan fingerprint density at radius 3 is 2.14 bits per heavy atom. The number of carbonyl (C=O) groups excluding carboxylic acids is 1. The topological polar surface area (TPSA) is 98.7 Å². The standard InChI is InChI=1S/C15H22N2O4/c1-9(2)12-6-4-11(5-7-12)8-16-15(21)17-13(10(3)18)14(19)20/h4-7,9-10,13,18H,8H2,1-3H3,(H,19,20)(H2,16,17,21)/t10-,13+/m1/s1. The number of aliphatic carboxylic acids is 1. The zero-order valence-electron chi connectivity index (χ0n) is 12.5. The molecule has 0 fully saturated rings. The van der Waals surface area contributed by atoms with Crippen molar-refractivity contribution >= 4 is 12.0 Å². The summed E-state index contributed by atoms with van der Waals surface area (Å²) in [5, 5.41) is 22.9. The number of carboxylic acids is 1. The van der Waals surface area contributed by atoms with Crippen LogP contribution in [0.15, 0.2) is 24.3 Å². The first-order chi connectivity index (χ1) is 9.81. The SMILES string of the molecule is CC(C)c1ccc(CNC(=O)N[C@H](C(=O)O)[C@@H](C)O)cc1. The van der Waals surface area contributed by atoms with Gasteiger partial charge in [-0.1, -0.05) is 38.1 Å². The highest BCUT2D eigenvalue weighted by molar-refractivity contribution is 5.82. The fraction of sp³-hybridized carbons (Fsp3) is 0.467. The van der Waals surface area contributed by atoms with E-state index in [1.807, 2.05) is 24.3 Å². The second kappa shape index (κ2) is 7.64. The van der Waals surface area contributed by atoms with Crippen molar-refractivity contribution in [1.82, 2.24) is 10.6 Å². The van der Waals surface area contributed by atoms with Crippen LogP contribution < -0.4 is 10.6 Å². The number of aliphatic hydroxyl groups is 1. The zero-order chi connectivity index (χ0) is 16.0. The van der Waals surface area contributed by atoms with Crippen LogP contribution in [0.4, 0.5) is 4.79 Å². The van der Waals surface area contributed by atoms with E-state index < -0.39 is 24.1 Å². The molecule has 0 aliphatic heterocycles. The first kappa shape index (κ1) is 17.0. The van der Waals surface area contributed by atoms with E-state index in [1.165, 1.54) is 12.5 Å². The van der Waals surface area contributed by atoms with Crippen LogP contribution in [-0.4, -0.2) is 34.4 Å². The second-order valence-electron chi connectivity index (χ2n) is 5.28. The average molecular weight is 294 g/mol. The highest BCUT2D eigenvalue weighted by Crippen LogP contribution is 2.14. The van der Waals surface area contributed by atoms with Gasteiger partial charge in [0.2, 0.25) is 0 Å². The fourth-order valence-electron chi connectivity index (χ4n) is 1.78. The van der Waals surface area contributed by atoms with Gasteiger partial charge in [-0.05, 0) is 24.0 Å². The molecule has 0 aliphatic carbocycles. The molecule has 6 heteroatoms. The number of aliphatic hydroxyl groups excluding tert-OH is 1. The van der Waals surface area contributed by atoms with E-state index in [4.69, 9.17) is 5.11 Å². The summed E-state index contributed by atoms with van der Waals surface area (Å²) < 4.78 is 0. The summed E-state index contributed by atoms with van der Waals surface area (Å²) in [5.41, 5.74) is 2.13. The quantitative estimate of drug-likeness (QED) is 0.638. The molecule has 1 rings (SSSR count). The van der Waals surface area contributed by atoms with Gasteiger partial charge in [0.25, 0.3) is 0 Å². The number of nitrogens with one attached hydrogen (secondary N) is 2. The summed E-state index contributed by atoms with van der Waals surface area (Å²) in [7, 11) is 0. The minimum atomic E-state index is -1.33. The van der Waals surface area contributed by atoms with Crippen molar-refractivity contribution in [2.24, 2.45) is 0 Å². The second-order valence-corrected chi connectivity index (χ2v) is 5.28. The lowest BCUT2D eigenvalue weighted by Crippen LogP contribution is -2.50. The molecule has 1 aromatic carbocycles. The van der Waals surface area contributed by atoms with Crippen molar-refractivity contribution < 1.29 is 19.8 Å². The summed E-state index contributed by atoms with van der Waals surface area (Å²) in [5.74, 6) is -0.834. The van der Waals surface area contributed by atoms with Crippen LogP contribution in [0.2, 0.25) is 0 Å². The third kappa shape index (κ3) is 5.43. The van der Waals surface area contributed by atoms with Crippen molar-refractivity contribution in [1.29, 1.82) is 0 Å². The number of urea groups is 1. The molecule has 116 valence electrons. The van der Waals surface area contributed by atoms with Crippen molar-refractivity contribution in [3.05, 3.63) is 35.4 Å². The van der Waals surface area contributed by atoms with Crippen molar-refractivity contribution in [3.63, 3.8) is 0 Å². The highest BCUT2D eigenvalue weighted by Gasteiger charge is 2.24. The normalized spacial score (nSPS) is 13.6. The van der Waals surface area contributed by atoms with Gasteiger partial charge in [-0.3, -0.25) is 0 Å². The number of carbonyl (C=O) groups is 2. The first-order valence-electron chi connectivity index (χ1n) is 6.85. The van der Waals surface area contributed by atoms with Gasteiger partial charge in [0.15, 0.2) is 6.04 Å². The number of amides is 2. The summed E-state index contributed by atoms with van der Waals surface area (Å²) in [6.07, 6.45) is -1.17. The third-order valence-corrected chi connectivity index (χ3v) is 3.13. The molecule has 0 radical (unpaired) electrons. The number of rotatable bonds is 6. The summed E-state index contributed by atoms with van der Waals surface area (Å²) in [6, 6.07) is 5.87. The van der Waals surface area contributed by atoms with Gasteiger partial charge in [0.05, 0.1) is 6.10 Å². The molecule has 6 nitrogen and oxygen atoms in total. The predicted octanol–water partition coefficient (Wildman–Crippen LogP) is 1.44. The molecule has 0 saturated carbocycles. The lowest BCUT2D eigenvalue weighted by Gasteiger charge is -2.17. The summed E-state index contributed by atoms with van der Waals surface area (Å²) in [6.45, 7) is 5.80. The average Bonchev–Trinajstić information content (AvgIpc) is 2.42. The van der Waals surface area contributed by atoms with E-state index >= 15 is 0 Å². The molecule has 0 unspecified atom stereocenters. The van der Waals surface area contributed by atoms with Crippen LogP contribution in [-0.2, 0) is 11.3 Å². The molecule has 0 aliphatic rings. The van der Waals surface area contributed by atoms with E-state index in [-0.39, 0.29) is 6.54 Å². The molecular formula is C15H22N2O4. The third-order valence-electron chi connectivity index (χ3n) is 3.13. The van der Waals surface area contributed by atoms with Crippen LogP contribution in [0, 0.1) is 0 Å². The predicted molar refractivity (Wildman–Crippen MR) is 79.0 cm³/mol. The Bertz CT molecular complexity index is 483. The molecule has 1 aromatic rings. The van der Waals surface area contributed by atoms with Crippen LogP contribution in [0.1, 0.15) is 37.8 Å². The number of hydrogen-bond acceptors (Lipinski definition) is 3. The molecule has 0 heterocycles. The highest BCUT2D eigenvalue weighted by atomic mass is 16.4. The molecule has 2 amide bonds. The maximum absolute atomic E-state index is 11.6. The van der Waals surface area contributed by atoms with Crippen LogP contribution in [0.25, 0.3) is 0 Å². The van der Waals surface area contributed by atoms with Crippen molar-refractivity contribution in [2.45, 2.75) is 45.4 Å². The summed E-state index contributed by atoms with van der Waals surface area (Å²) in [4.78, 5) is 22.5. The first-order valence-corrected chi connectivity index (χ1v) is 6.85. The lowest BCUT2D eigenvalue weighted by atomic mass is 10.0. The van der Waals surface area contributed by atoms with Crippen molar-refractivity contribution in [3.8, 4) is 0 Å². The molecular weight excluding hydrogens is 272 g/mol. The van der Waals surface area contributed by atoms with E-state index in [1.54, 1.807) is 0 Å². The largest absolute Gasteiger partial charge is 0.480 e. The Morgan fingerprint density at radius 2 is 1.71 bits per heavy atom. The van der Waals surface area contributed by atoms with Crippen LogP contribution >= 0.6 is 0 Å².